The Hall–Kier alpha value is -0.0800. The maximum Gasteiger partial charge on any atom is 0.0618 e. The highest BCUT2D eigenvalue weighted by molar-refractivity contribution is 4.85. The first kappa shape index (κ1) is 8.52. The molecule has 0 aromatic rings. The summed E-state index contributed by atoms with van der Waals surface area (Å²) < 4.78 is 5.68. The first-order chi connectivity index (χ1) is 5.92. The van der Waals surface area contributed by atoms with Crippen molar-refractivity contribution in [2.24, 2.45) is 17.6 Å². The molecule has 0 bridgehead atoms. The van der Waals surface area contributed by atoms with E-state index in [2.05, 4.69) is 0 Å². The SMILES string of the molecule is NCC(C1CCC1)C1CCCO1. The van der Waals surface area contributed by atoms with Crippen molar-refractivity contribution >= 4 is 0 Å². The van der Waals surface area contributed by atoms with Crippen molar-refractivity contribution < 1.29 is 4.74 Å². The zero-order valence-electron chi connectivity index (χ0n) is 7.67. The topological polar surface area (TPSA) is 35.2 Å². The fourth-order valence-electron chi connectivity index (χ4n) is 2.46. The number of hydrogen-bond donors (Lipinski definition) is 1. The van der Waals surface area contributed by atoms with Gasteiger partial charge in [-0.2, -0.15) is 0 Å². The lowest BCUT2D eigenvalue weighted by molar-refractivity contribution is 0.0218. The van der Waals surface area contributed by atoms with Crippen LogP contribution < -0.4 is 5.73 Å². The van der Waals surface area contributed by atoms with Gasteiger partial charge < -0.3 is 10.5 Å². The van der Waals surface area contributed by atoms with Crippen LogP contribution in [0.3, 0.4) is 0 Å². The Balaban J connectivity index is 1.87. The third-order valence-electron chi connectivity index (χ3n) is 3.47. The van der Waals surface area contributed by atoms with Crippen LogP contribution in [-0.4, -0.2) is 19.3 Å². The molecule has 2 rings (SSSR count). The van der Waals surface area contributed by atoms with Crippen LogP contribution in [-0.2, 0) is 4.74 Å². The van der Waals surface area contributed by atoms with E-state index < -0.39 is 0 Å². The minimum atomic E-state index is 0.500. The normalized spacial score (nSPS) is 33.2. The number of hydrogen-bond acceptors (Lipinski definition) is 2. The lowest BCUT2D eigenvalue weighted by atomic mass is 9.73. The average Bonchev–Trinajstić information content (AvgIpc) is 2.47. The number of ether oxygens (including phenoxy) is 1. The van der Waals surface area contributed by atoms with Crippen LogP contribution in [0.4, 0.5) is 0 Å². The van der Waals surface area contributed by atoms with E-state index in [-0.39, 0.29) is 0 Å². The van der Waals surface area contributed by atoms with Crippen molar-refractivity contribution in [3.05, 3.63) is 0 Å². The van der Waals surface area contributed by atoms with Gasteiger partial charge in [0.05, 0.1) is 6.10 Å². The van der Waals surface area contributed by atoms with E-state index >= 15 is 0 Å². The molecule has 70 valence electrons. The molecule has 2 heteroatoms. The third kappa shape index (κ3) is 1.50. The largest absolute Gasteiger partial charge is 0.378 e. The molecular weight excluding hydrogens is 150 g/mol. The van der Waals surface area contributed by atoms with Crippen LogP contribution in [0.1, 0.15) is 32.1 Å². The molecule has 2 atom stereocenters. The molecule has 1 heterocycles. The molecule has 0 spiro atoms. The Bertz CT molecular complexity index is 139. The van der Waals surface area contributed by atoms with Gasteiger partial charge in [0, 0.05) is 12.5 Å². The molecule has 2 nitrogen and oxygen atoms in total. The van der Waals surface area contributed by atoms with Crippen molar-refractivity contribution in [3.8, 4) is 0 Å². The van der Waals surface area contributed by atoms with Crippen LogP contribution in [0.5, 0.6) is 0 Å². The molecule has 2 unspecified atom stereocenters. The van der Waals surface area contributed by atoms with Gasteiger partial charge in [0.1, 0.15) is 0 Å². The molecular formula is C10H19NO. The summed E-state index contributed by atoms with van der Waals surface area (Å²) in [6.45, 7) is 1.79. The maximum absolute atomic E-state index is 5.78. The molecule has 0 aromatic heterocycles. The molecule has 1 aliphatic carbocycles. The standard InChI is InChI=1S/C10H19NO/c11-7-9(8-3-1-4-8)10-5-2-6-12-10/h8-10H,1-7,11H2. The summed E-state index contributed by atoms with van der Waals surface area (Å²) in [6.07, 6.45) is 7.18. The Morgan fingerprint density at radius 3 is 2.50 bits per heavy atom. The second-order valence-electron chi connectivity index (χ2n) is 4.14. The summed E-state index contributed by atoms with van der Waals surface area (Å²) in [4.78, 5) is 0. The molecule has 1 aliphatic heterocycles. The van der Waals surface area contributed by atoms with Crippen LogP contribution in [0.2, 0.25) is 0 Å². The number of rotatable bonds is 3. The minimum Gasteiger partial charge on any atom is -0.378 e. The Labute approximate surface area is 74.5 Å². The summed E-state index contributed by atoms with van der Waals surface area (Å²) in [5, 5.41) is 0. The zero-order chi connectivity index (χ0) is 8.39. The molecule has 12 heavy (non-hydrogen) atoms. The van der Waals surface area contributed by atoms with Gasteiger partial charge in [-0.15, -0.1) is 0 Å². The van der Waals surface area contributed by atoms with E-state index in [1.165, 1.54) is 32.1 Å². The second-order valence-corrected chi connectivity index (χ2v) is 4.14. The summed E-state index contributed by atoms with van der Waals surface area (Å²) in [5.74, 6) is 1.55. The van der Waals surface area contributed by atoms with E-state index in [1.807, 2.05) is 0 Å². The van der Waals surface area contributed by atoms with Crippen LogP contribution in [0.15, 0.2) is 0 Å². The predicted octanol–water partition coefficient (Wildman–Crippen LogP) is 1.54. The molecule has 1 saturated carbocycles. The summed E-state index contributed by atoms with van der Waals surface area (Å²) in [6, 6.07) is 0. The highest BCUT2D eigenvalue weighted by atomic mass is 16.5. The first-order valence-corrected chi connectivity index (χ1v) is 5.23. The lowest BCUT2D eigenvalue weighted by Gasteiger charge is -2.36. The summed E-state index contributed by atoms with van der Waals surface area (Å²) >= 11 is 0. The highest BCUT2D eigenvalue weighted by Crippen LogP contribution is 2.37. The van der Waals surface area contributed by atoms with Crippen molar-refractivity contribution in [2.75, 3.05) is 13.2 Å². The third-order valence-corrected chi connectivity index (χ3v) is 3.47. The van der Waals surface area contributed by atoms with Gasteiger partial charge in [-0.05, 0) is 25.3 Å². The maximum atomic E-state index is 5.78. The minimum absolute atomic E-state index is 0.500. The van der Waals surface area contributed by atoms with Crippen molar-refractivity contribution in [1.82, 2.24) is 0 Å². The van der Waals surface area contributed by atoms with Crippen molar-refractivity contribution in [1.29, 1.82) is 0 Å². The Morgan fingerprint density at radius 2 is 2.08 bits per heavy atom. The summed E-state index contributed by atoms with van der Waals surface area (Å²) in [5.41, 5.74) is 5.78. The van der Waals surface area contributed by atoms with Crippen molar-refractivity contribution in [3.63, 3.8) is 0 Å². The highest BCUT2D eigenvalue weighted by Gasteiger charge is 2.34. The van der Waals surface area contributed by atoms with Gasteiger partial charge in [-0.3, -0.25) is 0 Å². The van der Waals surface area contributed by atoms with E-state index in [4.69, 9.17) is 10.5 Å². The van der Waals surface area contributed by atoms with Crippen LogP contribution >= 0.6 is 0 Å². The lowest BCUT2D eigenvalue weighted by Crippen LogP contribution is -2.37. The van der Waals surface area contributed by atoms with Gasteiger partial charge in [0.25, 0.3) is 0 Å². The van der Waals surface area contributed by atoms with Gasteiger partial charge in [0.15, 0.2) is 0 Å². The quantitative estimate of drug-likeness (QED) is 0.695. The molecule has 0 amide bonds. The van der Waals surface area contributed by atoms with Gasteiger partial charge in [0.2, 0.25) is 0 Å². The van der Waals surface area contributed by atoms with E-state index in [0.717, 1.165) is 19.1 Å². The molecule has 2 aliphatic rings. The molecule has 1 saturated heterocycles. The predicted molar refractivity (Wildman–Crippen MR) is 48.9 cm³/mol. The molecule has 0 radical (unpaired) electrons. The van der Waals surface area contributed by atoms with Gasteiger partial charge in [-0.1, -0.05) is 19.3 Å². The molecule has 0 aromatic carbocycles. The Kier molecular flexibility index (Phi) is 2.66. The first-order valence-electron chi connectivity index (χ1n) is 5.23. The molecule has 2 N–H and O–H groups in total. The van der Waals surface area contributed by atoms with Gasteiger partial charge >= 0.3 is 0 Å². The fraction of sp³-hybridized carbons (Fsp3) is 1.00. The van der Waals surface area contributed by atoms with E-state index in [1.54, 1.807) is 0 Å². The zero-order valence-corrected chi connectivity index (χ0v) is 7.67. The monoisotopic (exact) mass is 169 g/mol. The number of nitrogens with two attached hydrogens (primary N) is 1. The van der Waals surface area contributed by atoms with Crippen LogP contribution in [0, 0.1) is 11.8 Å². The molecule has 2 fully saturated rings. The second kappa shape index (κ2) is 3.75. The van der Waals surface area contributed by atoms with E-state index in [9.17, 15) is 0 Å². The van der Waals surface area contributed by atoms with E-state index in [0.29, 0.717) is 12.0 Å². The summed E-state index contributed by atoms with van der Waals surface area (Å²) in [7, 11) is 0. The van der Waals surface area contributed by atoms with Gasteiger partial charge in [-0.25, -0.2) is 0 Å². The van der Waals surface area contributed by atoms with Crippen molar-refractivity contribution in [2.45, 2.75) is 38.2 Å². The van der Waals surface area contributed by atoms with Crippen LogP contribution in [0.25, 0.3) is 0 Å². The average molecular weight is 169 g/mol. The Morgan fingerprint density at radius 1 is 1.25 bits per heavy atom. The fourth-order valence-corrected chi connectivity index (χ4v) is 2.46. The smallest absolute Gasteiger partial charge is 0.0618 e.